The van der Waals surface area contributed by atoms with E-state index >= 15 is 0 Å². The summed E-state index contributed by atoms with van der Waals surface area (Å²) in [6.45, 7) is 2.54. The first-order valence-electron chi connectivity index (χ1n) is 7.21. The average Bonchev–Trinajstić information content (AvgIpc) is 2.54. The third kappa shape index (κ3) is 3.47. The SMILES string of the molecule is CCOC(=O)[C@H]1CN(C(=O)O)CC[C@@H]1c1ccnc(OC)c1. The zero-order valence-corrected chi connectivity index (χ0v) is 12.7. The average molecular weight is 308 g/mol. The number of carbonyl (C=O) groups excluding carboxylic acids is 1. The molecule has 2 rings (SSSR count). The normalized spacial score (nSPS) is 21.3. The summed E-state index contributed by atoms with van der Waals surface area (Å²) in [6.07, 6.45) is 1.17. The maximum atomic E-state index is 12.2. The van der Waals surface area contributed by atoms with Gasteiger partial charge in [0, 0.05) is 31.3 Å². The van der Waals surface area contributed by atoms with Crippen molar-refractivity contribution in [2.75, 3.05) is 26.8 Å². The van der Waals surface area contributed by atoms with Gasteiger partial charge in [-0.2, -0.15) is 0 Å². The van der Waals surface area contributed by atoms with Crippen LogP contribution in [0.2, 0.25) is 0 Å². The number of rotatable bonds is 4. The second kappa shape index (κ2) is 7.11. The van der Waals surface area contributed by atoms with Crippen molar-refractivity contribution in [3.05, 3.63) is 23.9 Å². The Hall–Kier alpha value is -2.31. The van der Waals surface area contributed by atoms with Crippen LogP contribution in [0.25, 0.3) is 0 Å². The van der Waals surface area contributed by atoms with Crippen molar-refractivity contribution < 1.29 is 24.2 Å². The molecule has 0 bridgehead atoms. The molecule has 0 aliphatic carbocycles. The highest BCUT2D eigenvalue weighted by molar-refractivity contribution is 5.75. The number of carbonyl (C=O) groups is 2. The lowest BCUT2D eigenvalue weighted by atomic mass is 9.81. The molecule has 1 aliphatic heterocycles. The van der Waals surface area contributed by atoms with Gasteiger partial charge in [0.15, 0.2) is 0 Å². The van der Waals surface area contributed by atoms with Crippen molar-refractivity contribution in [2.24, 2.45) is 5.92 Å². The molecule has 0 unspecified atom stereocenters. The van der Waals surface area contributed by atoms with Crippen LogP contribution in [0, 0.1) is 5.92 Å². The van der Waals surface area contributed by atoms with Gasteiger partial charge in [-0.3, -0.25) is 4.79 Å². The first-order valence-corrected chi connectivity index (χ1v) is 7.21. The summed E-state index contributed by atoms with van der Waals surface area (Å²) >= 11 is 0. The zero-order valence-electron chi connectivity index (χ0n) is 12.7. The molecule has 22 heavy (non-hydrogen) atoms. The quantitative estimate of drug-likeness (QED) is 0.852. The van der Waals surface area contributed by atoms with E-state index in [0.29, 0.717) is 18.8 Å². The summed E-state index contributed by atoms with van der Waals surface area (Å²) in [7, 11) is 1.53. The van der Waals surface area contributed by atoms with Crippen molar-refractivity contribution in [1.82, 2.24) is 9.88 Å². The third-order valence-electron chi connectivity index (χ3n) is 3.87. The third-order valence-corrected chi connectivity index (χ3v) is 3.87. The number of esters is 1. The number of likely N-dealkylation sites (tertiary alicyclic amines) is 1. The van der Waals surface area contributed by atoms with Crippen LogP contribution in [0.3, 0.4) is 0 Å². The molecular weight excluding hydrogens is 288 g/mol. The van der Waals surface area contributed by atoms with E-state index in [1.54, 1.807) is 19.2 Å². The Balaban J connectivity index is 2.26. The van der Waals surface area contributed by atoms with Gasteiger partial charge in [0.2, 0.25) is 5.88 Å². The lowest BCUT2D eigenvalue weighted by Gasteiger charge is -2.36. The fraction of sp³-hybridized carbons (Fsp3) is 0.533. The molecule has 1 N–H and O–H groups in total. The molecule has 7 heteroatoms. The van der Waals surface area contributed by atoms with Crippen LogP contribution < -0.4 is 4.74 Å². The lowest BCUT2D eigenvalue weighted by Crippen LogP contribution is -2.45. The number of nitrogens with zero attached hydrogens (tertiary/aromatic N) is 2. The van der Waals surface area contributed by atoms with E-state index in [0.717, 1.165) is 5.56 Å². The number of hydrogen-bond acceptors (Lipinski definition) is 5. The van der Waals surface area contributed by atoms with Crippen LogP contribution in [-0.4, -0.2) is 53.9 Å². The second-order valence-corrected chi connectivity index (χ2v) is 5.11. The predicted octanol–water partition coefficient (Wildman–Crippen LogP) is 1.74. The maximum absolute atomic E-state index is 12.2. The molecule has 1 aromatic rings. The van der Waals surface area contributed by atoms with Crippen LogP contribution >= 0.6 is 0 Å². The number of methoxy groups -OCH3 is 1. The van der Waals surface area contributed by atoms with E-state index in [4.69, 9.17) is 14.6 Å². The van der Waals surface area contributed by atoms with E-state index in [2.05, 4.69) is 4.98 Å². The largest absolute Gasteiger partial charge is 0.481 e. The molecule has 1 fully saturated rings. The van der Waals surface area contributed by atoms with Gasteiger partial charge >= 0.3 is 12.1 Å². The summed E-state index contributed by atoms with van der Waals surface area (Å²) in [5.74, 6) is -0.515. The molecule has 0 spiro atoms. The molecule has 2 atom stereocenters. The molecule has 0 radical (unpaired) electrons. The van der Waals surface area contributed by atoms with Crippen LogP contribution in [0.5, 0.6) is 5.88 Å². The predicted molar refractivity (Wildman–Crippen MR) is 77.9 cm³/mol. The first-order chi connectivity index (χ1) is 10.6. The minimum atomic E-state index is -1.01. The van der Waals surface area contributed by atoms with E-state index in [1.807, 2.05) is 6.07 Å². The van der Waals surface area contributed by atoms with Gasteiger partial charge in [0.05, 0.1) is 19.6 Å². The van der Waals surface area contributed by atoms with E-state index < -0.39 is 12.0 Å². The van der Waals surface area contributed by atoms with Gasteiger partial charge in [-0.05, 0) is 25.0 Å². The smallest absolute Gasteiger partial charge is 0.407 e. The standard InChI is InChI=1S/C15H20N2O5/c1-3-22-14(18)12-9-17(15(19)20)7-5-11(12)10-4-6-16-13(8-10)21-2/h4,6,8,11-12H,3,5,7,9H2,1-2H3,(H,19,20)/t11-,12+/m1/s1. The van der Waals surface area contributed by atoms with Crippen molar-refractivity contribution in [2.45, 2.75) is 19.3 Å². The minimum Gasteiger partial charge on any atom is -0.481 e. The van der Waals surface area contributed by atoms with Crippen molar-refractivity contribution in [3.63, 3.8) is 0 Å². The number of pyridine rings is 1. The van der Waals surface area contributed by atoms with Crippen LogP contribution in [-0.2, 0) is 9.53 Å². The monoisotopic (exact) mass is 308 g/mol. The Labute approximate surface area is 128 Å². The Morgan fingerprint density at radius 1 is 1.50 bits per heavy atom. The molecule has 1 saturated heterocycles. The number of carboxylic acid groups (broad SMARTS) is 1. The topological polar surface area (TPSA) is 89.0 Å². The lowest BCUT2D eigenvalue weighted by molar-refractivity contribution is -0.150. The Morgan fingerprint density at radius 3 is 2.91 bits per heavy atom. The van der Waals surface area contributed by atoms with E-state index in [1.165, 1.54) is 12.0 Å². The molecule has 0 aromatic carbocycles. The van der Waals surface area contributed by atoms with Crippen LogP contribution in [0.4, 0.5) is 4.79 Å². The number of piperidine rings is 1. The molecular formula is C15H20N2O5. The number of aromatic nitrogens is 1. The Kier molecular flexibility index (Phi) is 5.19. The van der Waals surface area contributed by atoms with Crippen molar-refractivity contribution in [3.8, 4) is 5.88 Å². The Morgan fingerprint density at radius 2 is 2.27 bits per heavy atom. The van der Waals surface area contributed by atoms with Gasteiger partial charge < -0.3 is 19.5 Å². The molecule has 2 heterocycles. The fourth-order valence-corrected chi connectivity index (χ4v) is 2.78. The summed E-state index contributed by atoms with van der Waals surface area (Å²) in [5, 5.41) is 9.15. The molecule has 1 amide bonds. The van der Waals surface area contributed by atoms with Crippen molar-refractivity contribution >= 4 is 12.1 Å². The van der Waals surface area contributed by atoms with Crippen molar-refractivity contribution in [1.29, 1.82) is 0 Å². The van der Waals surface area contributed by atoms with Gasteiger partial charge in [-0.25, -0.2) is 9.78 Å². The molecule has 120 valence electrons. The highest BCUT2D eigenvalue weighted by Crippen LogP contribution is 2.34. The minimum absolute atomic E-state index is 0.105. The summed E-state index contributed by atoms with van der Waals surface area (Å²) in [4.78, 5) is 28.7. The summed E-state index contributed by atoms with van der Waals surface area (Å²) in [6, 6.07) is 3.61. The van der Waals surface area contributed by atoms with Gasteiger partial charge in [0.1, 0.15) is 0 Å². The number of ether oxygens (including phenoxy) is 2. The van der Waals surface area contributed by atoms with Crippen LogP contribution in [0.15, 0.2) is 18.3 Å². The first kappa shape index (κ1) is 16.1. The highest BCUT2D eigenvalue weighted by Gasteiger charge is 2.38. The second-order valence-electron chi connectivity index (χ2n) is 5.11. The molecule has 1 aliphatic rings. The summed E-state index contributed by atoms with van der Waals surface area (Å²) in [5.41, 5.74) is 0.912. The highest BCUT2D eigenvalue weighted by atomic mass is 16.5. The van der Waals surface area contributed by atoms with Gasteiger partial charge in [-0.1, -0.05) is 0 Å². The van der Waals surface area contributed by atoms with Gasteiger partial charge in [-0.15, -0.1) is 0 Å². The molecule has 7 nitrogen and oxygen atoms in total. The van der Waals surface area contributed by atoms with E-state index in [9.17, 15) is 9.59 Å². The molecule has 1 aromatic heterocycles. The molecule has 0 saturated carbocycles. The van der Waals surface area contributed by atoms with Crippen LogP contribution in [0.1, 0.15) is 24.8 Å². The number of hydrogen-bond donors (Lipinski definition) is 1. The fourth-order valence-electron chi connectivity index (χ4n) is 2.78. The van der Waals surface area contributed by atoms with E-state index in [-0.39, 0.29) is 25.0 Å². The maximum Gasteiger partial charge on any atom is 0.407 e. The Bertz CT molecular complexity index is 548. The zero-order chi connectivity index (χ0) is 16.1. The van der Waals surface area contributed by atoms with Gasteiger partial charge in [0.25, 0.3) is 0 Å². The summed E-state index contributed by atoms with van der Waals surface area (Å²) < 4.78 is 10.2. The number of amides is 1.